The average Bonchev–Trinajstić information content (AvgIpc) is 2.60. The van der Waals surface area contributed by atoms with Crippen molar-refractivity contribution in [1.29, 1.82) is 0 Å². The van der Waals surface area contributed by atoms with E-state index in [1.54, 1.807) is 6.20 Å². The highest BCUT2D eigenvalue weighted by Crippen LogP contribution is 2.14. The van der Waals surface area contributed by atoms with Crippen LogP contribution in [0.2, 0.25) is 0 Å². The van der Waals surface area contributed by atoms with Gasteiger partial charge in [-0.05, 0) is 23.6 Å². The molecule has 1 atom stereocenters. The average molecular weight is 339 g/mol. The maximum atomic E-state index is 12.6. The zero-order chi connectivity index (χ0) is 18.1. The van der Waals surface area contributed by atoms with Crippen molar-refractivity contribution in [3.05, 3.63) is 66.0 Å². The Morgan fingerprint density at radius 2 is 1.76 bits per heavy atom. The number of rotatable bonds is 8. The number of nitrogens with zero attached hydrogens (tertiary/aromatic N) is 1. The summed E-state index contributed by atoms with van der Waals surface area (Å²) >= 11 is 0. The van der Waals surface area contributed by atoms with Crippen LogP contribution in [0.5, 0.6) is 0 Å². The lowest BCUT2D eigenvalue weighted by molar-refractivity contribution is -0.129. The van der Waals surface area contributed by atoms with Gasteiger partial charge in [0, 0.05) is 31.3 Å². The molecule has 2 aromatic rings. The molecule has 0 aliphatic heterocycles. The fourth-order valence-electron chi connectivity index (χ4n) is 2.50. The van der Waals surface area contributed by atoms with Crippen LogP contribution in [-0.4, -0.2) is 23.3 Å². The molecule has 1 aromatic carbocycles. The number of nitrogens with one attached hydrogen (secondary N) is 2. The Bertz CT molecular complexity index is 672. The second-order valence-electron chi connectivity index (χ2n) is 6.37. The minimum atomic E-state index is -0.684. The van der Waals surface area contributed by atoms with Gasteiger partial charge in [-0.15, -0.1) is 0 Å². The molecule has 0 aliphatic carbocycles. The maximum absolute atomic E-state index is 12.6. The van der Waals surface area contributed by atoms with Gasteiger partial charge < -0.3 is 10.6 Å². The Labute approximate surface area is 148 Å². The molecule has 0 saturated carbocycles. The third-order valence-electron chi connectivity index (χ3n) is 3.70. The van der Waals surface area contributed by atoms with Crippen molar-refractivity contribution in [2.45, 2.75) is 32.7 Å². The Hall–Kier alpha value is -2.69. The number of benzene rings is 1. The van der Waals surface area contributed by atoms with E-state index in [0.717, 1.165) is 11.3 Å². The van der Waals surface area contributed by atoms with E-state index in [1.807, 2.05) is 62.4 Å². The highest BCUT2D eigenvalue weighted by molar-refractivity contribution is 5.88. The van der Waals surface area contributed by atoms with Crippen molar-refractivity contribution in [2.75, 3.05) is 6.54 Å². The van der Waals surface area contributed by atoms with Gasteiger partial charge in [-0.1, -0.05) is 50.2 Å². The molecule has 1 heterocycles. The van der Waals surface area contributed by atoms with Crippen molar-refractivity contribution in [3.63, 3.8) is 0 Å². The topological polar surface area (TPSA) is 71.1 Å². The monoisotopic (exact) mass is 339 g/mol. The lowest BCUT2D eigenvalue weighted by Gasteiger charge is -2.19. The normalized spacial score (nSPS) is 11.8. The Balaban J connectivity index is 1.98. The first-order chi connectivity index (χ1) is 12.1. The van der Waals surface area contributed by atoms with Gasteiger partial charge in [0.1, 0.15) is 6.04 Å². The maximum Gasteiger partial charge on any atom is 0.247 e. The lowest BCUT2D eigenvalue weighted by atomic mass is 10.0. The molecule has 2 rings (SSSR count). The summed E-state index contributed by atoms with van der Waals surface area (Å²) in [6, 6.07) is 14.3. The molecule has 0 aliphatic rings. The summed E-state index contributed by atoms with van der Waals surface area (Å²) < 4.78 is 0. The third kappa shape index (κ3) is 6.37. The number of hydrogen-bond acceptors (Lipinski definition) is 3. The number of carbonyl (C=O) groups excluding carboxylic acids is 2. The summed E-state index contributed by atoms with van der Waals surface area (Å²) in [5, 5.41) is 5.74. The number of hydrogen-bond donors (Lipinski definition) is 2. The standard InChI is InChI=1S/C20H25N3O2/c1-15(2)14-18(24)23-19(16-8-4-3-5-9-16)20(25)22-13-11-17-10-6-7-12-21-17/h3-10,12,15,19H,11,13-14H2,1-2H3,(H,22,25)(H,23,24)/t19-/m0/s1. The minimum Gasteiger partial charge on any atom is -0.354 e. The molecule has 5 heteroatoms. The number of amides is 2. The predicted octanol–water partition coefficient (Wildman–Crippen LogP) is 2.64. The van der Waals surface area contributed by atoms with E-state index in [0.29, 0.717) is 19.4 Å². The van der Waals surface area contributed by atoms with Crippen molar-refractivity contribution in [1.82, 2.24) is 15.6 Å². The van der Waals surface area contributed by atoms with Gasteiger partial charge in [0.05, 0.1) is 0 Å². The van der Waals surface area contributed by atoms with Crippen LogP contribution in [0.25, 0.3) is 0 Å². The summed E-state index contributed by atoms with van der Waals surface area (Å²) in [4.78, 5) is 29.0. The molecule has 0 spiro atoms. The van der Waals surface area contributed by atoms with Crippen molar-refractivity contribution < 1.29 is 9.59 Å². The molecular weight excluding hydrogens is 314 g/mol. The van der Waals surface area contributed by atoms with E-state index >= 15 is 0 Å². The van der Waals surface area contributed by atoms with Gasteiger partial charge in [0.2, 0.25) is 11.8 Å². The van der Waals surface area contributed by atoms with Crippen LogP contribution in [0.15, 0.2) is 54.7 Å². The fraction of sp³-hybridized carbons (Fsp3) is 0.350. The van der Waals surface area contributed by atoms with Gasteiger partial charge in [-0.2, -0.15) is 0 Å². The van der Waals surface area contributed by atoms with Crippen LogP contribution < -0.4 is 10.6 Å². The molecular formula is C20H25N3O2. The molecule has 1 aromatic heterocycles. The second kappa shape index (κ2) is 9.57. The van der Waals surface area contributed by atoms with E-state index in [1.165, 1.54) is 0 Å². The predicted molar refractivity (Wildman–Crippen MR) is 97.7 cm³/mol. The van der Waals surface area contributed by atoms with Gasteiger partial charge in [0.25, 0.3) is 0 Å². The van der Waals surface area contributed by atoms with Gasteiger partial charge in [-0.25, -0.2) is 0 Å². The van der Waals surface area contributed by atoms with Crippen LogP contribution in [0.3, 0.4) is 0 Å². The Morgan fingerprint density at radius 1 is 1.04 bits per heavy atom. The summed E-state index contributed by atoms with van der Waals surface area (Å²) in [5.41, 5.74) is 1.69. The Kier molecular flexibility index (Phi) is 7.14. The van der Waals surface area contributed by atoms with Crippen LogP contribution >= 0.6 is 0 Å². The molecule has 0 saturated heterocycles. The largest absolute Gasteiger partial charge is 0.354 e. The second-order valence-corrected chi connectivity index (χ2v) is 6.37. The van der Waals surface area contributed by atoms with E-state index in [4.69, 9.17) is 0 Å². The van der Waals surface area contributed by atoms with Crippen LogP contribution in [-0.2, 0) is 16.0 Å². The summed E-state index contributed by atoms with van der Waals surface area (Å²) in [7, 11) is 0. The molecule has 25 heavy (non-hydrogen) atoms. The zero-order valence-electron chi connectivity index (χ0n) is 14.7. The third-order valence-corrected chi connectivity index (χ3v) is 3.70. The lowest BCUT2D eigenvalue weighted by Crippen LogP contribution is -2.41. The molecule has 2 amide bonds. The molecule has 2 N–H and O–H groups in total. The van der Waals surface area contributed by atoms with Crippen LogP contribution in [0.4, 0.5) is 0 Å². The fourth-order valence-corrected chi connectivity index (χ4v) is 2.50. The first kappa shape index (κ1) is 18.6. The van der Waals surface area contributed by atoms with Crippen LogP contribution in [0, 0.1) is 5.92 Å². The SMILES string of the molecule is CC(C)CC(=O)N[C@H](C(=O)NCCc1ccccn1)c1ccccc1. The summed E-state index contributed by atoms with van der Waals surface area (Å²) in [5.74, 6) is -0.0911. The first-order valence-corrected chi connectivity index (χ1v) is 8.58. The van der Waals surface area contributed by atoms with Gasteiger partial charge >= 0.3 is 0 Å². The summed E-state index contributed by atoms with van der Waals surface area (Å²) in [6.45, 7) is 4.42. The van der Waals surface area contributed by atoms with Crippen LogP contribution in [0.1, 0.15) is 37.6 Å². The van der Waals surface area contributed by atoms with E-state index < -0.39 is 6.04 Å². The highest BCUT2D eigenvalue weighted by atomic mass is 16.2. The van der Waals surface area contributed by atoms with Crippen molar-refractivity contribution in [3.8, 4) is 0 Å². The summed E-state index contributed by atoms with van der Waals surface area (Å²) in [6.07, 6.45) is 2.77. The molecule has 132 valence electrons. The number of carbonyl (C=O) groups is 2. The van der Waals surface area contributed by atoms with E-state index in [9.17, 15) is 9.59 Å². The van der Waals surface area contributed by atoms with E-state index in [2.05, 4.69) is 15.6 Å². The highest BCUT2D eigenvalue weighted by Gasteiger charge is 2.22. The zero-order valence-corrected chi connectivity index (χ0v) is 14.7. The van der Waals surface area contributed by atoms with Crippen molar-refractivity contribution >= 4 is 11.8 Å². The quantitative estimate of drug-likeness (QED) is 0.777. The van der Waals surface area contributed by atoms with E-state index in [-0.39, 0.29) is 17.7 Å². The smallest absolute Gasteiger partial charge is 0.247 e. The molecule has 0 bridgehead atoms. The van der Waals surface area contributed by atoms with Gasteiger partial charge in [0.15, 0.2) is 0 Å². The van der Waals surface area contributed by atoms with Crippen molar-refractivity contribution in [2.24, 2.45) is 5.92 Å². The first-order valence-electron chi connectivity index (χ1n) is 8.58. The Morgan fingerprint density at radius 3 is 2.40 bits per heavy atom. The minimum absolute atomic E-state index is 0.122. The van der Waals surface area contributed by atoms with Gasteiger partial charge in [-0.3, -0.25) is 14.6 Å². The molecule has 0 radical (unpaired) electrons. The number of aromatic nitrogens is 1. The molecule has 0 unspecified atom stereocenters. The molecule has 0 fully saturated rings. The number of pyridine rings is 1. The molecule has 5 nitrogen and oxygen atoms in total.